The normalized spacial score (nSPS) is 24.6. The molecule has 0 spiro atoms. The van der Waals surface area contributed by atoms with Gasteiger partial charge in [-0.2, -0.15) is 4.98 Å². The highest BCUT2D eigenvalue weighted by Crippen LogP contribution is 2.44. The van der Waals surface area contributed by atoms with Crippen LogP contribution in [0.1, 0.15) is 17.9 Å². The lowest BCUT2D eigenvalue weighted by Crippen LogP contribution is -2.37. The molecule has 1 aromatic heterocycles. The molecular weight excluding hydrogens is 326 g/mol. The minimum atomic E-state index is -0.104. The summed E-state index contributed by atoms with van der Waals surface area (Å²) in [6, 6.07) is 10.0. The molecule has 0 saturated carbocycles. The third-order valence-electron chi connectivity index (χ3n) is 4.22. The zero-order valence-corrected chi connectivity index (χ0v) is 14.2. The van der Waals surface area contributed by atoms with Crippen molar-refractivity contribution in [3.05, 3.63) is 35.9 Å². The molecule has 1 aromatic carbocycles. The van der Waals surface area contributed by atoms with Crippen LogP contribution in [0, 0.1) is 0 Å². The number of nitrogens with one attached hydrogen (secondary N) is 1. The van der Waals surface area contributed by atoms with Gasteiger partial charge in [0.05, 0.1) is 18.5 Å². The molecule has 1 N–H and O–H groups in total. The van der Waals surface area contributed by atoms with Crippen LogP contribution in [0.4, 0.5) is 11.9 Å². The van der Waals surface area contributed by atoms with Gasteiger partial charge in [0, 0.05) is 13.1 Å². The maximum absolute atomic E-state index is 12.7. The molecule has 0 radical (unpaired) electrons. The van der Waals surface area contributed by atoms with Crippen molar-refractivity contribution in [3.8, 4) is 0 Å². The minimum Gasteiger partial charge on any atom is -0.378 e. The fourth-order valence-electron chi connectivity index (χ4n) is 2.94. The first kappa shape index (κ1) is 15.5. The Balaban J connectivity index is 1.63. The van der Waals surface area contributed by atoms with Gasteiger partial charge in [0.25, 0.3) is 0 Å². The SMILES string of the molecule is C[C@@H]1S[C@H](c2ccccc2)N(c2nc(N3CCOCC3)n[nH]2)C1=O. The van der Waals surface area contributed by atoms with E-state index in [4.69, 9.17) is 4.74 Å². The molecule has 4 rings (SSSR count). The van der Waals surface area contributed by atoms with Crippen LogP contribution in [0.2, 0.25) is 0 Å². The number of morpholine rings is 1. The molecule has 1 amide bonds. The topological polar surface area (TPSA) is 74.4 Å². The van der Waals surface area contributed by atoms with Crippen molar-refractivity contribution in [1.82, 2.24) is 15.2 Å². The summed E-state index contributed by atoms with van der Waals surface area (Å²) in [5, 5.41) is 7.06. The Hall–Kier alpha value is -2.06. The Kier molecular flexibility index (Phi) is 4.15. The number of aromatic amines is 1. The molecule has 2 aliphatic heterocycles. The lowest BCUT2D eigenvalue weighted by Gasteiger charge is -2.25. The molecule has 3 heterocycles. The number of ether oxygens (including phenoxy) is 1. The summed E-state index contributed by atoms with van der Waals surface area (Å²) in [5.41, 5.74) is 1.09. The van der Waals surface area contributed by atoms with Crippen LogP contribution < -0.4 is 9.80 Å². The number of H-pyrrole nitrogens is 1. The highest BCUT2D eigenvalue weighted by Gasteiger charge is 2.41. The predicted molar refractivity (Wildman–Crippen MR) is 93.1 cm³/mol. The van der Waals surface area contributed by atoms with Crippen LogP contribution >= 0.6 is 11.8 Å². The first-order valence-electron chi connectivity index (χ1n) is 8.02. The van der Waals surface area contributed by atoms with Crippen LogP contribution in [0.25, 0.3) is 0 Å². The Morgan fingerprint density at radius 1 is 1.25 bits per heavy atom. The van der Waals surface area contributed by atoms with Gasteiger partial charge < -0.3 is 9.64 Å². The molecule has 24 heavy (non-hydrogen) atoms. The molecule has 2 fully saturated rings. The molecule has 8 heteroatoms. The maximum atomic E-state index is 12.7. The van der Waals surface area contributed by atoms with Crippen LogP contribution in [0.15, 0.2) is 30.3 Å². The largest absolute Gasteiger partial charge is 0.378 e. The number of hydrogen-bond acceptors (Lipinski definition) is 6. The van der Waals surface area contributed by atoms with E-state index < -0.39 is 0 Å². The van der Waals surface area contributed by atoms with Crippen LogP contribution in [0.3, 0.4) is 0 Å². The number of thioether (sulfide) groups is 1. The van der Waals surface area contributed by atoms with Crippen molar-refractivity contribution in [2.45, 2.75) is 17.5 Å². The van der Waals surface area contributed by atoms with E-state index in [1.807, 2.05) is 37.3 Å². The average molecular weight is 345 g/mol. The van der Waals surface area contributed by atoms with Gasteiger partial charge in [0.1, 0.15) is 5.37 Å². The number of benzene rings is 1. The van der Waals surface area contributed by atoms with Gasteiger partial charge >= 0.3 is 0 Å². The lowest BCUT2D eigenvalue weighted by atomic mass is 10.2. The van der Waals surface area contributed by atoms with E-state index in [0.717, 1.165) is 18.7 Å². The highest BCUT2D eigenvalue weighted by molar-refractivity contribution is 8.01. The van der Waals surface area contributed by atoms with E-state index in [-0.39, 0.29) is 16.5 Å². The van der Waals surface area contributed by atoms with Crippen molar-refractivity contribution in [2.24, 2.45) is 0 Å². The Morgan fingerprint density at radius 3 is 2.75 bits per heavy atom. The fraction of sp³-hybridized carbons (Fsp3) is 0.438. The maximum Gasteiger partial charge on any atom is 0.246 e. The first-order chi connectivity index (χ1) is 11.7. The summed E-state index contributed by atoms with van der Waals surface area (Å²) in [7, 11) is 0. The summed E-state index contributed by atoms with van der Waals surface area (Å²) < 4.78 is 5.36. The van der Waals surface area contributed by atoms with E-state index in [2.05, 4.69) is 20.1 Å². The Morgan fingerprint density at radius 2 is 2.00 bits per heavy atom. The second-order valence-electron chi connectivity index (χ2n) is 5.81. The van der Waals surface area contributed by atoms with E-state index in [1.165, 1.54) is 0 Å². The van der Waals surface area contributed by atoms with Gasteiger partial charge in [0.15, 0.2) is 0 Å². The van der Waals surface area contributed by atoms with Gasteiger partial charge in [-0.25, -0.2) is 5.10 Å². The second-order valence-corrected chi connectivity index (χ2v) is 7.23. The summed E-state index contributed by atoms with van der Waals surface area (Å²) in [6.07, 6.45) is 0. The van der Waals surface area contributed by atoms with Gasteiger partial charge in [-0.05, 0) is 12.5 Å². The van der Waals surface area contributed by atoms with Crippen LogP contribution in [-0.4, -0.2) is 52.6 Å². The average Bonchev–Trinajstić information content (AvgIpc) is 3.22. The third kappa shape index (κ3) is 2.76. The molecule has 2 aromatic rings. The van der Waals surface area contributed by atoms with Gasteiger partial charge in [-0.15, -0.1) is 16.9 Å². The predicted octanol–water partition coefficient (Wildman–Crippen LogP) is 1.81. The third-order valence-corrected chi connectivity index (χ3v) is 5.57. The summed E-state index contributed by atoms with van der Waals surface area (Å²) >= 11 is 1.63. The van der Waals surface area contributed by atoms with E-state index >= 15 is 0 Å². The van der Waals surface area contributed by atoms with Crippen LogP contribution in [0.5, 0.6) is 0 Å². The molecule has 126 valence electrons. The summed E-state index contributed by atoms with van der Waals surface area (Å²) in [6.45, 7) is 4.80. The molecule has 2 aliphatic rings. The lowest BCUT2D eigenvalue weighted by molar-refractivity contribution is -0.117. The Bertz CT molecular complexity index is 716. The van der Waals surface area contributed by atoms with Crippen LogP contribution in [-0.2, 0) is 9.53 Å². The molecule has 2 atom stereocenters. The second kappa shape index (κ2) is 6.45. The Labute approximate surface area is 144 Å². The van der Waals surface area contributed by atoms with Crippen molar-refractivity contribution >= 4 is 29.6 Å². The number of anilines is 2. The highest BCUT2D eigenvalue weighted by atomic mass is 32.2. The fourth-order valence-corrected chi connectivity index (χ4v) is 4.20. The van der Waals surface area contributed by atoms with Gasteiger partial charge in [0.2, 0.25) is 17.8 Å². The van der Waals surface area contributed by atoms with Gasteiger partial charge in [-0.3, -0.25) is 9.69 Å². The zero-order chi connectivity index (χ0) is 16.5. The van der Waals surface area contributed by atoms with E-state index in [9.17, 15) is 4.79 Å². The molecule has 2 saturated heterocycles. The van der Waals surface area contributed by atoms with Crippen molar-refractivity contribution in [2.75, 3.05) is 36.1 Å². The number of carbonyl (C=O) groups is 1. The van der Waals surface area contributed by atoms with E-state index in [0.29, 0.717) is 25.1 Å². The molecule has 0 bridgehead atoms. The number of hydrogen-bond donors (Lipinski definition) is 1. The van der Waals surface area contributed by atoms with E-state index in [1.54, 1.807) is 16.7 Å². The van der Waals surface area contributed by atoms with Gasteiger partial charge in [-0.1, -0.05) is 30.3 Å². The first-order valence-corrected chi connectivity index (χ1v) is 8.97. The molecule has 0 unspecified atom stereocenters. The number of amides is 1. The van der Waals surface area contributed by atoms with Crippen molar-refractivity contribution in [1.29, 1.82) is 0 Å². The zero-order valence-electron chi connectivity index (χ0n) is 13.4. The quantitative estimate of drug-likeness (QED) is 0.914. The monoisotopic (exact) mass is 345 g/mol. The molecular formula is C16H19N5O2S. The van der Waals surface area contributed by atoms with Crippen molar-refractivity contribution in [3.63, 3.8) is 0 Å². The minimum absolute atomic E-state index is 0.0542. The summed E-state index contributed by atoms with van der Waals surface area (Å²) in [5.74, 6) is 1.18. The smallest absolute Gasteiger partial charge is 0.246 e. The van der Waals surface area contributed by atoms with Crippen molar-refractivity contribution < 1.29 is 9.53 Å². The number of aromatic nitrogens is 3. The molecule has 0 aliphatic carbocycles. The summed E-state index contributed by atoms with van der Waals surface area (Å²) in [4.78, 5) is 21.0. The number of carbonyl (C=O) groups excluding carboxylic acids is 1. The number of nitrogens with zero attached hydrogens (tertiary/aromatic N) is 4. The molecule has 7 nitrogen and oxygen atoms in total. The number of rotatable bonds is 3. The standard InChI is InChI=1S/C16H19N5O2S/c1-11-13(22)21(14(24-11)12-5-3-2-4-6-12)16-17-15(18-19-16)20-7-9-23-10-8-20/h2-6,11,14H,7-10H2,1H3,(H,17,18,19)/t11-,14+/m0/s1.